The van der Waals surface area contributed by atoms with Crippen molar-refractivity contribution in [2.45, 2.75) is 116 Å². The zero-order valence-corrected chi connectivity index (χ0v) is 22.3. The highest BCUT2D eigenvalue weighted by molar-refractivity contribution is 5.51. The third-order valence-corrected chi connectivity index (χ3v) is 7.98. The van der Waals surface area contributed by atoms with E-state index < -0.39 is 29.4 Å². The lowest BCUT2D eigenvalue weighted by Gasteiger charge is -2.32. The molecule has 0 amide bonds. The molecule has 2 aromatic carbocycles. The summed E-state index contributed by atoms with van der Waals surface area (Å²) in [7, 11) is 0. The van der Waals surface area contributed by atoms with Gasteiger partial charge >= 0.3 is 12.4 Å². The molecule has 0 nitrogen and oxygen atoms in total. The van der Waals surface area contributed by atoms with Gasteiger partial charge in [-0.15, -0.1) is 0 Å². The fourth-order valence-electron chi connectivity index (χ4n) is 6.02. The molecule has 0 aliphatic heterocycles. The predicted octanol–water partition coefficient (Wildman–Crippen LogP) is 10.6. The maximum atomic E-state index is 14.4. The summed E-state index contributed by atoms with van der Waals surface area (Å²) in [5.74, 6) is -0.0256. The van der Waals surface area contributed by atoms with Crippen LogP contribution < -0.4 is 0 Å². The molecule has 37 heavy (non-hydrogen) atoms. The van der Waals surface area contributed by atoms with Gasteiger partial charge in [0.1, 0.15) is 0 Å². The number of aryl methyl sites for hydroxylation is 3. The van der Waals surface area contributed by atoms with E-state index in [1.165, 1.54) is 13.0 Å². The highest BCUT2D eigenvalue weighted by Gasteiger charge is 2.48. The van der Waals surface area contributed by atoms with Crippen LogP contribution in [0.4, 0.5) is 26.3 Å². The standard InChI is InChI=1S/C31H40F6/c1-4-6-7-9-23-14-17-25(18-15-23)27-20-21(3)26(28(30(32,33)34)29(27)31(35,36)37)19-16-24-12-10-22(8-5-2)11-13-24/h10-13,20,23,25H,4-9,14-19H2,1-3H3. The van der Waals surface area contributed by atoms with Gasteiger partial charge < -0.3 is 0 Å². The van der Waals surface area contributed by atoms with Crippen LogP contribution in [-0.4, -0.2) is 0 Å². The molecule has 0 spiro atoms. The molecule has 2 aromatic rings. The molecule has 1 aliphatic carbocycles. The van der Waals surface area contributed by atoms with Crippen LogP contribution in [0.5, 0.6) is 0 Å². The molecule has 0 N–H and O–H groups in total. The molecule has 0 unspecified atom stereocenters. The van der Waals surface area contributed by atoms with Gasteiger partial charge in [-0.2, -0.15) is 26.3 Å². The van der Waals surface area contributed by atoms with Crippen LogP contribution in [0.2, 0.25) is 0 Å². The summed E-state index contributed by atoms with van der Waals surface area (Å²) in [6, 6.07) is 9.04. The first kappa shape index (κ1) is 29.6. The van der Waals surface area contributed by atoms with Crippen molar-refractivity contribution in [1.29, 1.82) is 0 Å². The molecular weight excluding hydrogens is 486 g/mol. The lowest BCUT2D eigenvalue weighted by atomic mass is 9.74. The van der Waals surface area contributed by atoms with Crippen molar-refractivity contribution in [3.63, 3.8) is 0 Å². The number of benzene rings is 2. The molecule has 6 heteroatoms. The first-order valence-electron chi connectivity index (χ1n) is 13.8. The number of hydrogen-bond acceptors (Lipinski definition) is 0. The van der Waals surface area contributed by atoms with Crippen molar-refractivity contribution < 1.29 is 26.3 Å². The van der Waals surface area contributed by atoms with E-state index in [-0.39, 0.29) is 24.0 Å². The summed E-state index contributed by atoms with van der Waals surface area (Å²) < 4.78 is 86.2. The highest BCUT2D eigenvalue weighted by atomic mass is 19.4. The normalized spacial score (nSPS) is 18.8. The van der Waals surface area contributed by atoms with Gasteiger partial charge in [0.15, 0.2) is 0 Å². The van der Waals surface area contributed by atoms with Crippen LogP contribution in [0.25, 0.3) is 0 Å². The summed E-state index contributed by atoms with van der Waals surface area (Å²) in [6.07, 6.45) is -1.08. The SMILES string of the molecule is CCCCCC1CCC(c2cc(C)c(CCc3ccc(CCC)cc3)c(C(F)(F)F)c2C(F)(F)F)CC1. The summed E-state index contributed by atoms with van der Waals surface area (Å²) in [5.41, 5.74) is -1.03. The molecule has 206 valence electrons. The topological polar surface area (TPSA) is 0 Å². The highest BCUT2D eigenvalue weighted by Crippen LogP contribution is 2.49. The Labute approximate surface area is 217 Å². The molecule has 1 aliphatic rings. The summed E-state index contributed by atoms with van der Waals surface area (Å²) in [4.78, 5) is 0. The average Bonchev–Trinajstić information content (AvgIpc) is 2.83. The van der Waals surface area contributed by atoms with Crippen molar-refractivity contribution in [3.8, 4) is 0 Å². The van der Waals surface area contributed by atoms with E-state index in [2.05, 4.69) is 13.8 Å². The van der Waals surface area contributed by atoms with E-state index in [4.69, 9.17) is 0 Å². The third-order valence-electron chi connectivity index (χ3n) is 7.98. The second-order valence-corrected chi connectivity index (χ2v) is 10.8. The molecule has 3 rings (SSSR count). The Bertz CT molecular complexity index is 992. The number of alkyl halides is 6. The van der Waals surface area contributed by atoms with Crippen molar-refractivity contribution >= 4 is 0 Å². The van der Waals surface area contributed by atoms with Crippen LogP contribution in [-0.2, 0) is 31.6 Å². The Kier molecular flexibility index (Phi) is 10.2. The molecule has 0 aromatic heterocycles. The lowest BCUT2D eigenvalue weighted by molar-refractivity contribution is -0.163. The van der Waals surface area contributed by atoms with Crippen LogP contribution in [0.3, 0.4) is 0 Å². The fraction of sp³-hybridized carbons (Fsp3) is 0.613. The predicted molar refractivity (Wildman–Crippen MR) is 138 cm³/mol. The van der Waals surface area contributed by atoms with Crippen LogP contribution in [0.1, 0.15) is 116 Å². The average molecular weight is 527 g/mol. The maximum absolute atomic E-state index is 14.4. The number of halogens is 6. The Hall–Kier alpha value is -1.98. The Morgan fingerprint density at radius 1 is 0.703 bits per heavy atom. The minimum atomic E-state index is -5.08. The van der Waals surface area contributed by atoms with Crippen LogP contribution in [0, 0.1) is 12.8 Å². The van der Waals surface area contributed by atoms with Gasteiger partial charge in [0.25, 0.3) is 0 Å². The van der Waals surface area contributed by atoms with Gasteiger partial charge in [0.05, 0.1) is 11.1 Å². The molecule has 1 saturated carbocycles. The Morgan fingerprint density at radius 3 is 1.78 bits per heavy atom. The Balaban J connectivity index is 1.93. The first-order chi connectivity index (χ1) is 17.5. The second kappa shape index (κ2) is 12.7. The summed E-state index contributed by atoms with van der Waals surface area (Å²) in [6.45, 7) is 5.73. The van der Waals surface area contributed by atoms with E-state index in [0.717, 1.165) is 62.5 Å². The van der Waals surface area contributed by atoms with Crippen LogP contribution in [0.15, 0.2) is 30.3 Å². The molecular formula is C31H40F6. The first-order valence-corrected chi connectivity index (χ1v) is 13.8. The minimum Gasteiger partial charge on any atom is -0.166 e. The Morgan fingerprint density at radius 2 is 1.27 bits per heavy atom. The van der Waals surface area contributed by atoms with Crippen LogP contribution >= 0.6 is 0 Å². The molecule has 0 radical (unpaired) electrons. The second-order valence-electron chi connectivity index (χ2n) is 10.8. The van der Waals surface area contributed by atoms with E-state index in [9.17, 15) is 26.3 Å². The van der Waals surface area contributed by atoms with E-state index in [0.29, 0.717) is 24.3 Å². The number of unbranched alkanes of at least 4 members (excludes halogenated alkanes) is 2. The molecule has 0 saturated heterocycles. The quantitative estimate of drug-likeness (QED) is 0.213. The largest absolute Gasteiger partial charge is 0.417 e. The summed E-state index contributed by atoms with van der Waals surface area (Å²) in [5, 5.41) is 0. The monoisotopic (exact) mass is 526 g/mol. The molecule has 0 bridgehead atoms. The van der Waals surface area contributed by atoms with E-state index >= 15 is 0 Å². The van der Waals surface area contributed by atoms with Crippen molar-refractivity contribution in [3.05, 3.63) is 69.3 Å². The third kappa shape index (κ3) is 7.77. The molecule has 0 heterocycles. The number of rotatable bonds is 10. The van der Waals surface area contributed by atoms with Gasteiger partial charge in [-0.05, 0) is 91.5 Å². The van der Waals surface area contributed by atoms with Gasteiger partial charge in [0, 0.05) is 0 Å². The minimum absolute atomic E-state index is 0.0820. The number of hydrogen-bond donors (Lipinski definition) is 0. The van der Waals surface area contributed by atoms with Gasteiger partial charge in [0.2, 0.25) is 0 Å². The maximum Gasteiger partial charge on any atom is 0.417 e. The summed E-state index contributed by atoms with van der Waals surface area (Å²) >= 11 is 0. The zero-order chi connectivity index (χ0) is 27.2. The van der Waals surface area contributed by atoms with Gasteiger partial charge in [-0.3, -0.25) is 0 Å². The van der Waals surface area contributed by atoms with Crippen molar-refractivity contribution in [2.75, 3.05) is 0 Å². The lowest BCUT2D eigenvalue weighted by Crippen LogP contribution is -2.25. The van der Waals surface area contributed by atoms with E-state index in [1.807, 2.05) is 24.3 Å². The smallest absolute Gasteiger partial charge is 0.166 e. The van der Waals surface area contributed by atoms with Gasteiger partial charge in [-0.1, -0.05) is 76.3 Å². The zero-order valence-electron chi connectivity index (χ0n) is 22.3. The van der Waals surface area contributed by atoms with E-state index in [1.54, 1.807) is 0 Å². The molecule has 1 fully saturated rings. The van der Waals surface area contributed by atoms with Crippen molar-refractivity contribution in [2.24, 2.45) is 5.92 Å². The van der Waals surface area contributed by atoms with Crippen molar-refractivity contribution in [1.82, 2.24) is 0 Å². The van der Waals surface area contributed by atoms with Gasteiger partial charge in [-0.25, -0.2) is 0 Å². The molecule has 0 atom stereocenters. The fourth-order valence-corrected chi connectivity index (χ4v) is 6.02.